The minimum absolute atomic E-state index is 0.239. The number of ether oxygens (including phenoxy) is 2. The third-order valence-corrected chi connectivity index (χ3v) is 13.4. The summed E-state index contributed by atoms with van der Waals surface area (Å²) in [6.45, 7) is 4.63. The number of nitrogens with two attached hydrogens (primary N) is 1. The van der Waals surface area contributed by atoms with E-state index in [0.717, 1.165) is 111 Å². The summed E-state index contributed by atoms with van der Waals surface area (Å²) in [4.78, 5) is 0. The van der Waals surface area contributed by atoms with E-state index >= 15 is 0 Å². The maximum Gasteiger partial charge on any atom is 0.132 e. The Morgan fingerprint density at radius 2 is 0.694 bits per heavy atom. The standard InChI is InChI=1S/C56H38O4.H3NS/c1-55(51-43-9-5-3-7-35(43)15-27-47(51)59-49-29-17-37-31-41(57)23-25-45(37)53(49)55)39-19-11-33(12-20-39)34-13-21-40(22-14-34)56(2)52-44-10-6-4-8-36(44)16-28-48(52)60-50-30-18-38-32-42(58)24-26-46(38)54(50)56;1-2/h3-32,57-58H,1-2H3;2H,1H2. The number of phenols is 2. The molecular weight excluding hydrogens is 783 g/mol. The third-order valence-electron chi connectivity index (χ3n) is 13.4. The summed E-state index contributed by atoms with van der Waals surface area (Å²) in [5.74, 6) is 3.82. The van der Waals surface area contributed by atoms with Crippen molar-refractivity contribution in [1.29, 1.82) is 0 Å². The number of benzene rings is 10. The highest BCUT2D eigenvalue weighted by atomic mass is 32.1. The molecule has 6 heteroatoms. The summed E-state index contributed by atoms with van der Waals surface area (Å²) >= 11 is 3.03. The summed E-state index contributed by atoms with van der Waals surface area (Å²) in [6.07, 6.45) is 0. The fraction of sp³-hybridized carbons (Fsp3) is 0.0714. The lowest BCUT2D eigenvalue weighted by Crippen LogP contribution is -2.30. The lowest BCUT2D eigenvalue weighted by Gasteiger charge is -2.40. The second-order valence-corrected chi connectivity index (χ2v) is 16.6. The smallest absolute Gasteiger partial charge is 0.132 e. The van der Waals surface area contributed by atoms with Crippen molar-refractivity contribution < 1.29 is 19.7 Å². The average Bonchev–Trinajstić information content (AvgIpc) is 3.31. The van der Waals surface area contributed by atoms with Gasteiger partial charge in [-0.1, -0.05) is 133 Å². The number of thiol groups is 1. The second kappa shape index (κ2) is 14.2. The maximum atomic E-state index is 10.5. The Bertz CT molecular complexity index is 3210. The molecule has 2 heterocycles. The molecule has 2 aliphatic heterocycles. The van der Waals surface area contributed by atoms with Crippen LogP contribution in [0.1, 0.15) is 47.2 Å². The van der Waals surface area contributed by atoms with Gasteiger partial charge in [0, 0.05) is 22.3 Å². The largest absolute Gasteiger partial charge is 0.508 e. The zero-order valence-electron chi connectivity index (χ0n) is 34.1. The number of aromatic hydroxyl groups is 2. The summed E-state index contributed by atoms with van der Waals surface area (Å²) in [5, 5.41) is 33.8. The molecule has 0 radical (unpaired) electrons. The molecule has 10 aromatic rings. The third kappa shape index (κ3) is 5.47. The van der Waals surface area contributed by atoms with Gasteiger partial charge in [-0.2, -0.15) is 0 Å². The van der Waals surface area contributed by atoms with Gasteiger partial charge in [-0.25, -0.2) is 0 Å². The molecule has 62 heavy (non-hydrogen) atoms. The molecule has 0 saturated heterocycles. The highest BCUT2D eigenvalue weighted by molar-refractivity contribution is 7.77. The van der Waals surface area contributed by atoms with Gasteiger partial charge in [0.25, 0.3) is 0 Å². The number of hydrogen-bond donors (Lipinski definition) is 4. The number of fused-ring (bicyclic) bond motifs is 12. The van der Waals surface area contributed by atoms with Gasteiger partial charge in [0.1, 0.15) is 34.5 Å². The van der Waals surface area contributed by atoms with Crippen molar-refractivity contribution in [1.82, 2.24) is 0 Å². The Kier molecular flexibility index (Phi) is 8.62. The van der Waals surface area contributed by atoms with Crippen LogP contribution in [0.4, 0.5) is 0 Å². The van der Waals surface area contributed by atoms with Crippen molar-refractivity contribution in [2.75, 3.05) is 0 Å². The topological polar surface area (TPSA) is 84.9 Å². The predicted octanol–water partition coefficient (Wildman–Crippen LogP) is 14.1. The van der Waals surface area contributed by atoms with Gasteiger partial charge in [0.2, 0.25) is 0 Å². The Hall–Kier alpha value is -7.25. The van der Waals surface area contributed by atoms with Crippen LogP contribution < -0.4 is 14.6 Å². The van der Waals surface area contributed by atoms with E-state index in [1.165, 1.54) is 0 Å². The van der Waals surface area contributed by atoms with Crippen molar-refractivity contribution in [2.45, 2.75) is 24.7 Å². The monoisotopic (exact) mass is 823 g/mol. The SMILES string of the molecule is CC1(c2ccc(-c3ccc(C4(C)c5c(ccc6ccccc56)Oc5ccc6cc(O)ccc6c54)cc3)cc2)c2c(ccc3ccccc23)Oc2ccc3cc(O)ccc3c21.NS. The first kappa shape index (κ1) is 37.7. The van der Waals surface area contributed by atoms with Gasteiger partial charge >= 0.3 is 0 Å². The molecule has 300 valence electrons. The molecule has 12 rings (SSSR count). The average molecular weight is 824 g/mol. The number of rotatable bonds is 3. The molecule has 0 saturated carbocycles. The van der Waals surface area contributed by atoms with Crippen LogP contribution >= 0.6 is 12.8 Å². The lowest BCUT2D eigenvalue weighted by molar-refractivity contribution is 0.431. The lowest BCUT2D eigenvalue weighted by atomic mass is 9.66. The summed E-state index contributed by atoms with van der Waals surface area (Å²) in [6, 6.07) is 62.9. The Morgan fingerprint density at radius 3 is 1.06 bits per heavy atom. The van der Waals surface area contributed by atoms with Crippen LogP contribution in [0.2, 0.25) is 0 Å². The van der Waals surface area contributed by atoms with Crippen molar-refractivity contribution in [2.24, 2.45) is 5.14 Å². The molecule has 2 aliphatic rings. The number of hydrogen-bond acceptors (Lipinski definition) is 6. The normalized spacial score (nSPS) is 17.2. The first-order valence-corrected chi connectivity index (χ1v) is 21.2. The zero-order chi connectivity index (χ0) is 42.3. The zero-order valence-corrected chi connectivity index (χ0v) is 35.0. The molecule has 10 aromatic carbocycles. The van der Waals surface area contributed by atoms with E-state index in [4.69, 9.17) is 9.47 Å². The van der Waals surface area contributed by atoms with E-state index in [9.17, 15) is 10.2 Å². The fourth-order valence-corrected chi connectivity index (χ4v) is 10.6. The predicted molar refractivity (Wildman–Crippen MR) is 255 cm³/mol. The molecule has 2 unspecified atom stereocenters. The van der Waals surface area contributed by atoms with Crippen molar-refractivity contribution in [3.8, 4) is 45.6 Å². The summed E-state index contributed by atoms with van der Waals surface area (Å²) in [7, 11) is 0. The van der Waals surface area contributed by atoms with Gasteiger partial charge < -0.3 is 19.7 Å². The van der Waals surface area contributed by atoms with Crippen molar-refractivity contribution in [3.63, 3.8) is 0 Å². The Morgan fingerprint density at radius 1 is 0.371 bits per heavy atom. The van der Waals surface area contributed by atoms with Crippen LogP contribution in [-0.2, 0) is 10.8 Å². The first-order chi connectivity index (χ1) is 30.3. The molecule has 4 N–H and O–H groups in total. The second-order valence-electron chi connectivity index (χ2n) is 16.6. The van der Waals surface area contributed by atoms with E-state index in [0.29, 0.717) is 0 Å². The van der Waals surface area contributed by atoms with E-state index in [-0.39, 0.29) is 11.5 Å². The van der Waals surface area contributed by atoms with Gasteiger partial charge in [0.05, 0.1) is 10.8 Å². The Labute approximate surface area is 364 Å². The van der Waals surface area contributed by atoms with Crippen LogP contribution in [0.25, 0.3) is 54.2 Å². The number of phenolic OH excluding ortho intramolecular Hbond substituents is 2. The van der Waals surface area contributed by atoms with Crippen molar-refractivity contribution in [3.05, 3.63) is 215 Å². The van der Waals surface area contributed by atoms with Gasteiger partial charge in [-0.05, 0) is 128 Å². The van der Waals surface area contributed by atoms with Gasteiger partial charge in [-0.3, -0.25) is 5.14 Å². The summed E-state index contributed by atoms with van der Waals surface area (Å²) < 4.78 is 13.4. The molecule has 0 spiro atoms. The maximum absolute atomic E-state index is 10.5. The molecule has 0 fully saturated rings. The highest BCUT2D eigenvalue weighted by Gasteiger charge is 2.44. The van der Waals surface area contributed by atoms with Crippen LogP contribution in [0.15, 0.2) is 182 Å². The molecular formula is C56H41NO4S. The van der Waals surface area contributed by atoms with Crippen LogP contribution in [0.3, 0.4) is 0 Å². The van der Waals surface area contributed by atoms with Gasteiger partial charge in [0.15, 0.2) is 0 Å². The minimum atomic E-state index is -0.580. The molecule has 0 aliphatic carbocycles. The van der Waals surface area contributed by atoms with E-state index in [1.807, 2.05) is 48.5 Å². The quantitative estimate of drug-likeness (QED) is 0.133. The highest BCUT2D eigenvalue weighted by Crippen LogP contribution is 2.58. The first-order valence-electron chi connectivity index (χ1n) is 20.7. The van der Waals surface area contributed by atoms with E-state index in [2.05, 4.69) is 153 Å². The minimum Gasteiger partial charge on any atom is -0.508 e. The molecule has 2 atom stereocenters. The molecule has 0 amide bonds. The van der Waals surface area contributed by atoms with Crippen LogP contribution in [0, 0.1) is 0 Å². The van der Waals surface area contributed by atoms with Gasteiger partial charge in [-0.15, -0.1) is 12.8 Å². The molecule has 0 aromatic heterocycles. The van der Waals surface area contributed by atoms with E-state index < -0.39 is 10.8 Å². The fourth-order valence-electron chi connectivity index (χ4n) is 10.6. The van der Waals surface area contributed by atoms with Crippen molar-refractivity contribution >= 4 is 55.9 Å². The Balaban J connectivity index is 0.00000213. The van der Waals surface area contributed by atoms with E-state index in [1.54, 1.807) is 12.1 Å². The van der Waals surface area contributed by atoms with Crippen LogP contribution in [0.5, 0.6) is 34.5 Å². The summed E-state index contributed by atoms with van der Waals surface area (Å²) in [5.41, 5.74) is 7.81. The molecule has 0 bridgehead atoms. The van der Waals surface area contributed by atoms with Crippen LogP contribution in [-0.4, -0.2) is 10.2 Å². The molecule has 5 nitrogen and oxygen atoms in total.